The summed E-state index contributed by atoms with van der Waals surface area (Å²) >= 11 is 0. The van der Waals surface area contributed by atoms with Crippen molar-refractivity contribution in [3.8, 4) is 5.75 Å². The first-order chi connectivity index (χ1) is 10.5. The third kappa shape index (κ3) is 3.73. The van der Waals surface area contributed by atoms with E-state index in [1.807, 2.05) is 19.1 Å². The summed E-state index contributed by atoms with van der Waals surface area (Å²) in [6.07, 6.45) is 0. The zero-order valence-corrected chi connectivity index (χ0v) is 14.0. The summed E-state index contributed by atoms with van der Waals surface area (Å²) in [5, 5.41) is 13.3. The molecule has 0 radical (unpaired) electrons. The molecule has 0 heterocycles. The zero-order chi connectivity index (χ0) is 16.1. The summed E-state index contributed by atoms with van der Waals surface area (Å²) < 4.78 is 0. The maximum absolute atomic E-state index is 9.92. The van der Waals surface area contributed by atoms with Crippen LogP contribution in [0.15, 0.2) is 36.4 Å². The van der Waals surface area contributed by atoms with Crippen molar-refractivity contribution in [3.05, 3.63) is 53.1 Å². The Labute approximate surface area is 133 Å². The van der Waals surface area contributed by atoms with E-state index in [0.717, 1.165) is 29.9 Å². The minimum absolute atomic E-state index is 0.343. The minimum atomic E-state index is 0.343. The Hall–Kier alpha value is -2.16. The molecule has 2 aromatic rings. The highest BCUT2D eigenvalue weighted by atomic mass is 16.3. The SMILES string of the molecule is CCN(CC)c1ccc(NCc2cc(C)ccc2O)c(C)c1. The molecule has 0 aliphatic carbocycles. The second kappa shape index (κ2) is 7.21. The molecule has 0 aliphatic rings. The molecule has 2 N–H and O–H groups in total. The van der Waals surface area contributed by atoms with Crippen molar-refractivity contribution in [1.82, 2.24) is 0 Å². The van der Waals surface area contributed by atoms with E-state index >= 15 is 0 Å². The van der Waals surface area contributed by atoms with E-state index < -0.39 is 0 Å². The van der Waals surface area contributed by atoms with Gasteiger partial charge in [0.05, 0.1) is 0 Å². The Morgan fingerprint density at radius 3 is 2.36 bits per heavy atom. The number of hydrogen-bond acceptors (Lipinski definition) is 3. The van der Waals surface area contributed by atoms with E-state index in [0.29, 0.717) is 12.3 Å². The number of hydrogen-bond donors (Lipinski definition) is 2. The van der Waals surface area contributed by atoms with E-state index in [9.17, 15) is 5.11 Å². The van der Waals surface area contributed by atoms with E-state index in [4.69, 9.17) is 0 Å². The number of phenolic OH excluding ortho intramolecular Hbond substituents is 1. The van der Waals surface area contributed by atoms with Gasteiger partial charge >= 0.3 is 0 Å². The topological polar surface area (TPSA) is 35.5 Å². The predicted octanol–water partition coefficient (Wildman–Crippen LogP) is 4.47. The van der Waals surface area contributed by atoms with Crippen molar-refractivity contribution < 1.29 is 5.11 Å². The average Bonchev–Trinajstić information content (AvgIpc) is 2.51. The number of anilines is 2. The van der Waals surface area contributed by atoms with E-state index in [1.54, 1.807) is 6.07 Å². The third-order valence-corrected chi connectivity index (χ3v) is 4.04. The summed E-state index contributed by atoms with van der Waals surface area (Å²) in [7, 11) is 0. The molecule has 22 heavy (non-hydrogen) atoms. The van der Waals surface area contributed by atoms with Crippen molar-refractivity contribution in [2.45, 2.75) is 34.2 Å². The number of nitrogens with zero attached hydrogens (tertiary/aromatic N) is 1. The van der Waals surface area contributed by atoms with Crippen molar-refractivity contribution in [2.24, 2.45) is 0 Å². The fourth-order valence-corrected chi connectivity index (χ4v) is 2.68. The van der Waals surface area contributed by atoms with Gasteiger partial charge in [0, 0.05) is 36.6 Å². The van der Waals surface area contributed by atoms with Gasteiger partial charge in [0.1, 0.15) is 5.75 Å². The van der Waals surface area contributed by atoms with Crippen LogP contribution >= 0.6 is 0 Å². The maximum Gasteiger partial charge on any atom is 0.120 e. The van der Waals surface area contributed by atoms with Gasteiger partial charge < -0.3 is 15.3 Å². The highest BCUT2D eigenvalue weighted by molar-refractivity contribution is 5.60. The molecule has 0 atom stereocenters. The molecular formula is C19H26N2O. The van der Waals surface area contributed by atoms with Gasteiger partial charge in [-0.1, -0.05) is 17.7 Å². The van der Waals surface area contributed by atoms with Gasteiger partial charge in [-0.15, -0.1) is 0 Å². The lowest BCUT2D eigenvalue weighted by Gasteiger charge is -2.22. The maximum atomic E-state index is 9.92. The van der Waals surface area contributed by atoms with Crippen molar-refractivity contribution in [3.63, 3.8) is 0 Å². The summed E-state index contributed by atoms with van der Waals surface area (Å²) in [6.45, 7) is 11.1. The van der Waals surface area contributed by atoms with Crippen molar-refractivity contribution in [1.29, 1.82) is 0 Å². The standard InChI is InChI=1S/C19H26N2O/c1-5-21(6-2)17-8-9-18(15(4)12-17)20-13-16-11-14(3)7-10-19(16)22/h7-12,20,22H,5-6,13H2,1-4H3. The predicted molar refractivity (Wildman–Crippen MR) is 94.9 cm³/mol. The van der Waals surface area contributed by atoms with Crippen molar-refractivity contribution >= 4 is 11.4 Å². The van der Waals surface area contributed by atoms with Crippen LogP contribution in [0.25, 0.3) is 0 Å². The number of aromatic hydroxyl groups is 1. The minimum Gasteiger partial charge on any atom is -0.508 e. The lowest BCUT2D eigenvalue weighted by Crippen LogP contribution is -2.21. The highest BCUT2D eigenvalue weighted by Crippen LogP contribution is 2.25. The molecular weight excluding hydrogens is 272 g/mol. The average molecular weight is 298 g/mol. The summed E-state index contributed by atoms with van der Waals surface area (Å²) in [5.74, 6) is 0.343. The normalized spacial score (nSPS) is 10.5. The lowest BCUT2D eigenvalue weighted by atomic mass is 10.1. The van der Waals surface area contributed by atoms with Crippen LogP contribution in [0.2, 0.25) is 0 Å². The summed E-state index contributed by atoms with van der Waals surface area (Å²) in [5.41, 5.74) is 5.66. The number of phenols is 1. The second-order valence-corrected chi connectivity index (χ2v) is 5.66. The van der Waals surface area contributed by atoms with Crippen LogP contribution in [-0.2, 0) is 6.54 Å². The molecule has 0 amide bonds. The molecule has 0 saturated carbocycles. The number of rotatable bonds is 6. The van der Waals surface area contributed by atoms with E-state index in [-0.39, 0.29) is 0 Å². The van der Waals surface area contributed by atoms with Crippen molar-refractivity contribution in [2.75, 3.05) is 23.3 Å². The fourth-order valence-electron chi connectivity index (χ4n) is 2.68. The first-order valence-corrected chi connectivity index (χ1v) is 7.93. The van der Waals surface area contributed by atoms with Crippen LogP contribution in [0.3, 0.4) is 0 Å². The number of nitrogens with one attached hydrogen (secondary N) is 1. The van der Waals surface area contributed by atoms with Gasteiger partial charge in [0.25, 0.3) is 0 Å². The Morgan fingerprint density at radius 2 is 1.73 bits per heavy atom. The molecule has 0 unspecified atom stereocenters. The van der Waals surface area contributed by atoms with E-state index in [2.05, 4.69) is 49.2 Å². The van der Waals surface area contributed by atoms with Gasteiger partial charge in [0.2, 0.25) is 0 Å². The van der Waals surface area contributed by atoms with Crippen LogP contribution in [0, 0.1) is 13.8 Å². The fraction of sp³-hybridized carbons (Fsp3) is 0.368. The molecule has 2 rings (SSSR count). The smallest absolute Gasteiger partial charge is 0.120 e. The number of benzene rings is 2. The van der Waals surface area contributed by atoms with Gasteiger partial charge in [-0.2, -0.15) is 0 Å². The lowest BCUT2D eigenvalue weighted by molar-refractivity contribution is 0.469. The monoisotopic (exact) mass is 298 g/mol. The Kier molecular flexibility index (Phi) is 5.31. The van der Waals surface area contributed by atoms with Crippen LogP contribution in [0.1, 0.15) is 30.5 Å². The van der Waals surface area contributed by atoms with Gasteiger partial charge in [-0.05, 0) is 57.5 Å². The largest absolute Gasteiger partial charge is 0.508 e. The van der Waals surface area contributed by atoms with Crippen LogP contribution in [0.4, 0.5) is 11.4 Å². The van der Waals surface area contributed by atoms with Gasteiger partial charge in [-0.25, -0.2) is 0 Å². The molecule has 0 bridgehead atoms. The second-order valence-electron chi connectivity index (χ2n) is 5.66. The van der Waals surface area contributed by atoms with Crippen LogP contribution < -0.4 is 10.2 Å². The third-order valence-electron chi connectivity index (χ3n) is 4.04. The molecule has 0 fully saturated rings. The highest BCUT2D eigenvalue weighted by Gasteiger charge is 2.06. The molecule has 0 aromatic heterocycles. The molecule has 2 aromatic carbocycles. The molecule has 118 valence electrons. The first kappa shape index (κ1) is 16.2. The molecule has 3 nitrogen and oxygen atoms in total. The zero-order valence-electron chi connectivity index (χ0n) is 14.0. The number of aryl methyl sites for hydroxylation is 2. The Morgan fingerprint density at radius 1 is 1.00 bits per heavy atom. The Balaban J connectivity index is 2.12. The molecule has 0 saturated heterocycles. The van der Waals surface area contributed by atoms with Crippen LogP contribution in [-0.4, -0.2) is 18.2 Å². The quantitative estimate of drug-likeness (QED) is 0.826. The van der Waals surface area contributed by atoms with Gasteiger partial charge in [-0.3, -0.25) is 0 Å². The van der Waals surface area contributed by atoms with E-state index in [1.165, 1.54) is 11.3 Å². The molecule has 0 aliphatic heterocycles. The van der Waals surface area contributed by atoms with Crippen LogP contribution in [0.5, 0.6) is 5.75 Å². The first-order valence-electron chi connectivity index (χ1n) is 7.93. The van der Waals surface area contributed by atoms with Gasteiger partial charge in [0.15, 0.2) is 0 Å². The summed E-state index contributed by atoms with van der Waals surface area (Å²) in [6, 6.07) is 12.2. The Bertz CT molecular complexity index is 633. The molecule has 0 spiro atoms. The molecule has 3 heteroatoms. The summed E-state index contributed by atoms with van der Waals surface area (Å²) in [4.78, 5) is 2.34.